The van der Waals surface area contributed by atoms with Gasteiger partial charge in [0.25, 0.3) is 0 Å². The third-order valence-electron chi connectivity index (χ3n) is 1.59. The molecule has 0 atom stereocenters. The zero-order valence-corrected chi connectivity index (χ0v) is 8.27. The molecule has 0 amide bonds. The van der Waals surface area contributed by atoms with Gasteiger partial charge in [0.1, 0.15) is 0 Å². The third kappa shape index (κ3) is 2.85. The molecule has 0 aromatic heterocycles. The Labute approximate surface area is 77.7 Å². The lowest BCUT2D eigenvalue weighted by Crippen LogP contribution is -2.24. The van der Waals surface area contributed by atoms with Crippen LogP contribution in [-0.2, 0) is 6.54 Å². The van der Waals surface area contributed by atoms with Crippen LogP contribution >= 0.6 is 11.8 Å². The van der Waals surface area contributed by atoms with Crippen molar-refractivity contribution in [3.63, 3.8) is 0 Å². The fourth-order valence-corrected chi connectivity index (χ4v) is 1.43. The lowest BCUT2D eigenvalue weighted by Gasteiger charge is -2.09. The monoisotopic (exact) mass is 182 g/mol. The highest BCUT2D eigenvalue weighted by molar-refractivity contribution is 7.98. The second-order valence-electron chi connectivity index (χ2n) is 2.76. The van der Waals surface area contributed by atoms with E-state index in [-0.39, 0.29) is 0 Å². The minimum absolute atomic E-state index is 0.800. The van der Waals surface area contributed by atoms with Crippen LogP contribution in [0, 0.1) is 0 Å². The van der Waals surface area contributed by atoms with E-state index in [1.54, 1.807) is 16.8 Å². The Balaban J connectivity index is 2.65. The Hall–Kier alpha value is -0.510. The topological polar surface area (TPSA) is 29.3 Å². The highest BCUT2D eigenvalue weighted by Crippen LogP contribution is 2.14. The molecule has 3 heteroatoms. The normalized spacial score (nSPS) is 10.7. The maximum atomic E-state index is 5.52. The summed E-state index contributed by atoms with van der Waals surface area (Å²) >= 11 is 1.75. The lowest BCUT2D eigenvalue weighted by atomic mass is 10.2. The molecule has 2 N–H and O–H groups in total. The van der Waals surface area contributed by atoms with Crippen LogP contribution in [0.5, 0.6) is 0 Å². The van der Waals surface area contributed by atoms with E-state index < -0.39 is 0 Å². The summed E-state index contributed by atoms with van der Waals surface area (Å²) in [6.45, 7) is 0.800. The molecule has 0 fully saturated rings. The van der Waals surface area contributed by atoms with E-state index in [4.69, 9.17) is 5.84 Å². The maximum absolute atomic E-state index is 5.52. The van der Waals surface area contributed by atoms with Crippen LogP contribution in [0.25, 0.3) is 0 Å². The van der Waals surface area contributed by atoms with Gasteiger partial charge in [0.15, 0.2) is 0 Å². The average Bonchev–Trinajstić information content (AvgIpc) is 2.05. The maximum Gasteiger partial charge on any atom is 0.0376 e. The molecule has 0 unspecified atom stereocenters. The molecule has 0 aliphatic rings. The van der Waals surface area contributed by atoms with E-state index in [1.165, 1.54) is 10.5 Å². The molecule has 0 saturated heterocycles. The molecule has 0 aliphatic heterocycles. The highest BCUT2D eigenvalue weighted by atomic mass is 32.2. The summed E-state index contributed by atoms with van der Waals surface area (Å²) < 4.78 is 0. The van der Waals surface area contributed by atoms with Crippen LogP contribution in [0.4, 0.5) is 0 Å². The van der Waals surface area contributed by atoms with E-state index in [0.29, 0.717) is 0 Å². The van der Waals surface area contributed by atoms with E-state index in [9.17, 15) is 0 Å². The number of hydrogen-bond donors (Lipinski definition) is 1. The molecule has 0 spiro atoms. The lowest BCUT2D eigenvalue weighted by molar-refractivity contribution is 0.341. The molecule has 0 bridgehead atoms. The second-order valence-corrected chi connectivity index (χ2v) is 3.64. The zero-order valence-electron chi connectivity index (χ0n) is 7.45. The second kappa shape index (κ2) is 4.50. The summed E-state index contributed by atoms with van der Waals surface area (Å²) in [4.78, 5) is 1.29. The molecular weight excluding hydrogens is 168 g/mol. The van der Waals surface area contributed by atoms with E-state index in [1.807, 2.05) is 7.05 Å². The van der Waals surface area contributed by atoms with Crippen molar-refractivity contribution in [3.05, 3.63) is 29.8 Å². The van der Waals surface area contributed by atoms with Crippen molar-refractivity contribution in [1.82, 2.24) is 5.01 Å². The van der Waals surface area contributed by atoms with Gasteiger partial charge in [-0.1, -0.05) is 12.1 Å². The number of benzene rings is 1. The fraction of sp³-hybridized carbons (Fsp3) is 0.333. The first-order chi connectivity index (χ1) is 5.72. The summed E-state index contributed by atoms with van der Waals surface area (Å²) in [6, 6.07) is 8.44. The number of hydrogen-bond acceptors (Lipinski definition) is 3. The van der Waals surface area contributed by atoms with Gasteiger partial charge in [0, 0.05) is 18.5 Å². The SMILES string of the molecule is CSc1ccc(CN(C)N)cc1. The van der Waals surface area contributed by atoms with Crippen LogP contribution in [0.15, 0.2) is 29.2 Å². The van der Waals surface area contributed by atoms with Gasteiger partial charge in [-0.3, -0.25) is 5.84 Å². The first kappa shape index (κ1) is 9.58. The first-order valence-corrected chi connectivity index (χ1v) is 5.03. The summed E-state index contributed by atoms with van der Waals surface area (Å²) in [7, 11) is 1.86. The smallest absolute Gasteiger partial charge is 0.0376 e. The van der Waals surface area contributed by atoms with Crippen LogP contribution in [0.2, 0.25) is 0 Å². The predicted octanol–water partition coefficient (Wildman–Crippen LogP) is 1.71. The molecule has 0 saturated carbocycles. The molecule has 1 aromatic rings. The van der Waals surface area contributed by atoms with Gasteiger partial charge < -0.3 is 0 Å². The number of thioether (sulfide) groups is 1. The van der Waals surface area contributed by atoms with Gasteiger partial charge in [-0.15, -0.1) is 11.8 Å². The van der Waals surface area contributed by atoms with Gasteiger partial charge in [-0.2, -0.15) is 0 Å². The van der Waals surface area contributed by atoms with E-state index in [0.717, 1.165) is 6.54 Å². The summed E-state index contributed by atoms with van der Waals surface area (Å²) in [5, 5.41) is 1.67. The van der Waals surface area contributed by atoms with Crippen molar-refractivity contribution in [3.8, 4) is 0 Å². The van der Waals surface area contributed by atoms with Crippen molar-refractivity contribution in [2.75, 3.05) is 13.3 Å². The predicted molar refractivity (Wildman–Crippen MR) is 53.9 cm³/mol. The Morgan fingerprint density at radius 2 is 1.92 bits per heavy atom. The molecule has 66 valence electrons. The quantitative estimate of drug-likeness (QED) is 0.438. The van der Waals surface area contributed by atoms with Crippen molar-refractivity contribution >= 4 is 11.8 Å². The van der Waals surface area contributed by atoms with Gasteiger partial charge >= 0.3 is 0 Å². The highest BCUT2D eigenvalue weighted by Gasteiger charge is 1.94. The molecule has 0 aliphatic carbocycles. The van der Waals surface area contributed by atoms with Crippen molar-refractivity contribution < 1.29 is 0 Å². The molecule has 1 rings (SSSR count). The third-order valence-corrected chi connectivity index (χ3v) is 2.33. The van der Waals surface area contributed by atoms with Crippen LogP contribution in [0.3, 0.4) is 0 Å². The molecule has 0 radical (unpaired) electrons. The fourth-order valence-electron chi connectivity index (χ4n) is 1.02. The Morgan fingerprint density at radius 1 is 1.33 bits per heavy atom. The summed E-state index contributed by atoms with van der Waals surface area (Å²) in [5.74, 6) is 5.52. The molecule has 1 aromatic carbocycles. The standard InChI is InChI=1S/C9H14N2S/c1-11(10)7-8-3-5-9(12-2)6-4-8/h3-6H,7,10H2,1-2H3. The largest absolute Gasteiger partial charge is 0.269 e. The number of nitrogens with two attached hydrogens (primary N) is 1. The van der Waals surface area contributed by atoms with Gasteiger partial charge in [0.2, 0.25) is 0 Å². The van der Waals surface area contributed by atoms with E-state index in [2.05, 4.69) is 30.5 Å². The first-order valence-electron chi connectivity index (χ1n) is 3.81. The van der Waals surface area contributed by atoms with Gasteiger partial charge in [-0.25, -0.2) is 5.01 Å². The number of nitrogens with zero attached hydrogens (tertiary/aromatic N) is 1. The summed E-state index contributed by atoms with van der Waals surface area (Å²) in [5.41, 5.74) is 1.25. The van der Waals surface area contributed by atoms with Crippen molar-refractivity contribution in [1.29, 1.82) is 0 Å². The Morgan fingerprint density at radius 3 is 2.33 bits per heavy atom. The molecule has 2 nitrogen and oxygen atoms in total. The van der Waals surface area contributed by atoms with Crippen LogP contribution in [0.1, 0.15) is 5.56 Å². The minimum Gasteiger partial charge on any atom is -0.269 e. The Bertz CT molecular complexity index is 231. The molecule has 12 heavy (non-hydrogen) atoms. The number of rotatable bonds is 3. The van der Waals surface area contributed by atoms with E-state index >= 15 is 0 Å². The molecule has 0 heterocycles. The van der Waals surface area contributed by atoms with Crippen molar-refractivity contribution in [2.24, 2.45) is 5.84 Å². The van der Waals surface area contributed by atoms with Crippen molar-refractivity contribution in [2.45, 2.75) is 11.4 Å². The Kier molecular flexibility index (Phi) is 3.59. The number of hydrazine groups is 1. The van der Waals surface area contributed by atoms with Gasteiger partial charge in [-0.05, 0) is 24.0 Å². The zero-order chi connectivity index (χ0) is 8.97. The minimum atomic E-state index is 0.800. The molecular formula is C9H14N2S. The van der Waals surface area contributed by atoms with Crippen LogP contribution < -0.4 is 5.84 Å². The van der Waals surface area contributed by atoms with Crippen LogP contribution in [-0.4, -0.2) is 18.3 Å². The van der Waals surface area contributed by atoms with Gasteiger partial charge in [0.05, 0.1) is 0 Å². The summed E-state index contributed by atoms with van der Waals surface area (Å²) in [6.07, 6.45) is 2.07. The average molecular weight is 182 g/mol.